The number of anilines is 6. The van der Waals surface area contributed by atoms with Crippen molar-refractivity contribution < 1.29 is 4.39 Å². The average molecular weight is 858 g/mol. The Morgan fingerprint density at radius 1 is 0.415 bits per heavy atom. The molecule has 9 rings (SSSR count). The van der Waals surface area contributed by atoms with Gasteiger partial charge in [0.2, 0.25) is 0 Å². The maximum Gasteiger partial charge on any atom is 0.148 e. The summed E-state index contributed by atoms with van der Waals surface area (Å²) in [5.41, 5.74) is 13.9. The van der Waals surface area contributed by atoms with E-state index < -0.39 is 8.07 Å². The molecule has 9 aromatic rings. The zero-order valence-electron chi connectivity index (χ0n) is 36.7. The predicted octanol–water partition coefficient (Wildman–Crippen LogP) is 16.4. The molecule has 0 N–H and O–H groups in total. The topological polar surface area (TPSA) is 30.3 Å². The number of hydrogen-bond acceptors (Lipinski definition) is 3. The van der Waals surface area contributed by atoms with Crippen LogP contribution in [0.3, 0.4) is 0 Å². The highest BCUT2D eigenvalue weighted by Gasteiger charge is 2.24. The SMILES string of the molecule is C[Si](C)(C)c1ccc(N(c2ccc(-c3ccc(/C=C/c4ccc(N(c5ccccc5)c5ccc(C#N)cc5)cc4)cc3)cc2)c2c(F)cc(-c3ccccc3)cc2-c2ccccc2)cc1. The highest BCUT2D eigenvalue weighted by Crippen LogP contribution is 2.45. The van der Waals surface area contributed by atoms with Crippen LogP contribution in [0.4, 0.5) is 38.5 Å². The van der Waals surface area contributed by atoms with Gasteiger partial charge in [0.25, 0.3) is 0 Å². The van der Waals surface area contributed by atoms with E-state index in [0.29, 0.717) is 11.3 Å². The summed E-state index contributed by atoms with van der Waals surface area (Å²) in [6.07, 6.45) is 4.26. The summed E-state index contributed by atoms with van der Waals surface area (Å²) in [6.45, 7) is 7.03. The molecule has 5 heteroatoms. The first-order valence-electron chi connectivity index (χ1n) is 21.9. The molecule has 0 radical (unpaired) electrons. The second-order valence-electron chi connectivity index (χ2n) is 17.1. The van der Waals surface area contributed by atoms with Crippen molar-refractivity contribution in [3.05, 3.63) is 247 Å². The zero-order chi connectivity index (χ0) is 44.8. The summed E-state index contributed by atoms with van der Waals surface area (Å²) in [7, 11) is -1.58. The summed E-state index contributed by atoms with van der Waals surface area (Å²) < 4.78 is 17.1. The molecule has 0 unspecified atom stereocenters. The second kappa shape index (κ2) is 18.7. The minimum absolute atomic E-state index is 0.291. The molecule has 0 fully saturated rings. The van der Waals surface area contributed by atoms with Gasteiger partial charge in [-0.15, -0.1) is 0 Å². The van der Waals surface area contributed by atoms with Crippen LogP contribution in [0.15, 0.2) is 224 Å². The van der Waals surface area contributed by atoms with Crippen molar-refractivity contribution >= 4 is 59.5 Å². The second-order valence-corrected chi connectivity index (χ2v) is 22.2. The molecule has 0 amide bonds. The highest BCUT2D eigenvalue weighted by molar-refractivity contribution is 6.88. The van der Waals surface area contributed by atoms with Crippen LogP contribution in [-0.4, -0.2) is 8.07 Å². The van der Waals surface area contributed by atoms with Crippen LogP contribution in [0.2, 0.25) is 19.6 Å². The Hall–Kier alpha value is -8.04. The number of para-hydroxylation sites is 1. The molecule has 0 aliphatic carbocycles. The van der Waals surface area contributed by atoms with E-state index in [-0.39, 0.29) is 5.82 Å². The number of nitriles is 1. The lowest BCUT2D eigenvalue weighted by molar-refractivity contribution is 0.630. The average Bonchev–Trinajstić information content (AvgIpc) is 3.35. The molecule has 0 aliphatic heterocycles. The summed E-state index contributed by atoms with van der Waals surface area (Å²) in [6, 6.07) is 78.2. The predicted molar refractivity (Wildman–Crippen MR) is 275 cm³/mol. The minimum atomic E-state index is -1.58. The Balaban J connectivity index is 0.996. The van der Waals surface area contributed by atoms with Gasteiger partial charge >= 0.3 is 0 Å². The van der Waals surface area contributed by atoms with Crippen molar-refractivity contribution in [1.29, 1.82) is 5.26 Å². The van der Waals surface area contributed by atoms with E-state index in [1.54, 1.807) is 6.07 Å². The Morgan fingerprint density at radius 3 is 1.34 bits per heavy atom. The quantitative estimate of drug-likeness (QED) is 0.0906. The van der Waals surface area contributed by atoms with Crippen LogP contribution in [0.5, 0.6) is 0 Å². The maximum absolute atomic E-state index is 17.1. The van der Waals surface area contributed by atoms with Crippen LogP contribution >= 0.6 is 0 Å². The summed E-state index contributed by atoms with van der Waals surface area (Å²) in [4.78, 5) is 4.25. The molecule has 0 aromatic heterocycles. The first-order chi connectivity index (χ1) is 31.7. The monoisotopic (exact) mass is 857 g/mol. The van der Waals surface area contributed by atoms with Gasteiger partial charge in [0.05, 0.1) is 25.4 Å². The summed E-state index contributed by atoms with van der Waals surface area (Å²) >= 11 is 0. The largest absolute Gasteiger partial charge is 0.311 e. The molecule has 0 atom stereocenters. The van der Waals surface area contributed by atoms with Crippen LogP contribution in [0, 0.1) is 17.1 Å². The van der Waals surface area contributed by atoms with Gasteiger partial charge in [-0.1, -0.05) is 177 Å². The smallest absolute Gasteiger partial charge is 0.148 e. The lowest BCUT2D eigenvalue weighted by Crippen LogP contribution is -2.37. The maximum atomic E-state index is 17.1. The standard InChI is InChI=1S/C60H48FN3Si/c1-65(2,3)57-39-37-56(38-40-57)64(60-58(50-15-9-5-10-16-50)41-51(42-59(60)61)47-13-7-4-8-14-47)55-35-29-49(30-36-55)48-27-21-44(22-28-48)19-20-45-23-31-53(32-24-45)63(52-17-11-6-12-18-52)54-33-25-46(43-62)26-34-54/h4-42H,1-3H3/b20-19+. The molecule has 0 bridgehead atoms. The fourth-order valence-electron chi connectivity index (χ4n) is 8.21. The van der Waals surface area contributed by atoms with Crippen LogP contribution < -0.4 is 15.0 Å². The van der Waals surface area contributed by atoms with Crippen molar-refractivity contribution in [2.45, 2.75) is 19.6 Å². The fourth-order valence-corrected chi connectivity index (χ4v) is 9.37. The third-order valence-corrected chi connectivity index (χ3v) is 13.8. The molecule has 65 heavy (non-hydrogen) atoms. The lowest BCUT2D eigenvalue weighted by atomic mass is 9.95. The van der Waals surface area contributed by atoms with Crippen LogP contribution in [-0.2, 0) is 0 Å². The van der Waals surface area contributed by atoms with Gasteiger partial charge in [-0.2, -0.15) is 5.26 Å². The fraction of sp³-hybridized carbons (Fsp3) is 0.0500. The van der Waals surface area contributed by atoms with E-state index in [2.05, 4.69) is 175 Å². The third-order valence-electron chi connectivity index (χ3n) is 11.7. The molecule has 9 aromatic carbocycles. The highest BCUT2D eigenvalue weighted by atomic mass is 28.3. The molecule has 0 saturated carbocycles. The van der Waals surface area contributed by atoms with Crippen LogP contribution in [0.1, 0.15) is 16.7 Å². The van der Waals surface area contributed by atoms with Crippen molar-refractivity contribution in [3.8, 4) is 39.4 Å². The molecular weight excluding hydrogens is 810 g/mol. The van der Waals surface area contributed by atoms with E-state index in [9.17, 15) is 5.26 Å². The number of halogens is 1. The van der Waals surface area contributed by atoms with Gasteiger partial charge in [-0.25, -0.2) is 4.39 Å². The Bertz CT molecular complexity index is 3080. The Kier molecular flexibility index (Phi) is 12.2. The number of hydrogen-bond donors (Lipinski definition) is 0. The zero-order valence-corrected chi connectivity index (χ0v) is 37.7. The Labute approximate surface area is 383 Å². The van der Waals surface area contributed by atoms with Gasteiger partial charge in [-0.05, 0) is 124 Å². The third kappa shape index (κ3) is 9.50. The molecule has 0 heterocycles. The van der Waals surface area contributed by atoms with Gasteiger partial charge in [0.15, 0.2) is 0 Å². The van der Waals surface area contributed by atoms with E-state index in [1.165, 1.54) is 5.19 Å². The molecule has 3 nitrogen and oxygen atoms in total. The van der Waals surface area contributed by atoms with Crippen molar-refractivity contribution in [3.63, 3.8) is 0 Å². The molecule has 0 spiro atoms. The van der Waals surface area contributed by atoms with E-state index in [4.69, 9.17) is 0 Å². The van der Waals surface area contributed by atoms with Crippen molar-refractivity contribution in [1.82, 2.24) is 0 Å². The first-order valence-corrected chi connectivity index (χ1v) is 25.4. The number of benzene rings is 9. The van der Waals surface area contributed by atoms with Gasteiger partial charge in [0.1, 0.15) is 5.82 Å². The van der Waals surface area contributed by atoms with Crippen molar-refractivity contribution in [2.75, 3.05) is 9.80 Å². The van der Waals surface area contributed by atoms with E-state index >= 15 is 4.39 Å². The number of nitrogens with zero attached hydrogens (tertiary/aromatic N) is 3. The minimum Gasteiger partial charge on any atom is -0.311 e. The molecule has 0 aliphatic rings. The van der Waals surface area contributed by atoms with Crippen LogP contribution in [0.25, 0.3) is 45.5 Å². The Morgan fingerprint density at radius 2 is 0.815 bits per heavy atom. The normalized spacial score (nSPS) is 11.3. The van der Waals surface area contributed by atoms with Crippen molar-refractivity contribution in [2.24, 2.45) is 0 Å². The molecule has 0 saturated heterocycles. The summed E-state index contributed by atoms with van der Waals surface area (Å²) in [5.74, 6) is -0.291. The lowest BCUT2D eigenvalue weighted by Gasteiger charge is -2.29. The molecule has 314 valence electrons. The van der Waals surface area contributed by atoms with Gasteiger partial charge in [-0.3, -0.25) is 0 Å². The first kappa shape index (κ1) is 42.3. The van der Waals surface area contributed by atoms with E-state index in [0.717, 1.165) is 72.9 Å². The van der Waals surface area contributed by atoms with Gasteiger partial charge in [0, 0.05) is 34.0 Å². The number of rotatable bonds is 12. The van der Waals surface area contributed by atoms with E-state index in [1.807, 2.05) is 91.0 Å². The van der Waals surface area contributed by atoms with Gasteiger partial charge < -0.3 is 9.80 Å². The molecular formula is C60H48FN3Si. The summed E-state index contributed by atoms with van der Waals surface area (Å²) in [5, 5.41) is 10.7.